The Balaban J connectivity index is 0.000000494. The van der Waals surface area contributed by atoms with Gasteiger partial charge in [0.1, 0.15) is 10.1 Å². The van der Waals surface area contributed by atoms with Crippen LogP contribution in [0.5, 0.6) is 0 Å². The van der Waals surface area contributed by atoms with Gasteiger partial charge in [0.25, 0.3) is 0 Å². The Hall–Kier alpha value is -0.910. The zero-order valence-corrected chi connectivity index (χ0v) is 12.8. The van der Waals surface area contributed by atoms with E-state index in [-0.39, 0.29) is 0 Å². The molecule has 0 bridgehead atoms. The summed E-state index contributed by atoms with van der Waals surface area (Å²) in [6, 6.07) is 8.46. The molecule has 0 aliphatic rings. The van der Waals surface area contributed by atoms with Crippen molar-refractivity contribution in [1.29, 1.82) is 0 Å². The first kappa shape index (κ1) is 17.1. The molecule has 0 unspecified atom stereocenters. The van der Waals surface area contributed by atoms with E-state index in [4.69, 9.17) is 0 Å². The van der Waals surface area contributed by atoms with Gasteiger partial charge in [-0.3, -0.25) is 0 Å². The average Bonchev–Trinajstić information content (AvgIpc) is 2.14. The molecule has 104 valence electrons. The number of nitrogens with zero attached hydrogens (tertiary/aromatic N) is 1. The van der Waals surface area contributed by atoms with Crippen LogP contribution in [-0.4, -0.2) is 45.6 Å². The predicted octanol–water partition coefficient (Wildman–Crippen LogP) is 1.79. The van der Waals surface area contributed by atoms with Crippen LogP contribution in [0.15, 0.2) is 30.3 Å². The third-order valence-electron chi connectivity index (χ3n) is 2.09. The minimum Gasteiger partial charge on any atom is -0.747 e. The van der Waals surface area contributed by atoms with Gasteiger partial charge >= 0.3 is 0 Å². The van der Waals surface area contributed by atoms with E-state index in [1.54, 1.807) is 30.3 Å². The van der Waals surface area contributed by atoms with E-state index in [0.29, 0.717) is 5.56 Å². The molecule has 0 fully saturated rings. The Morgan fingerprint density at radius 1 is 1.00 bits per heavy atom. The Morgan fingerprint density at radius 2 is 1.33 bits per heavy atom. The molecular weight excluding hydrogens is 250 g/mol. The minimum absolute atomic E-state index is 0.519. The largest absolute Gasteiger partial charge is 0.747 e. The molecule has 0 atom stereocenters. The van der Waals surface area contributed by atoms with Crippen LogP contribution in [0.1, 0.15) is 19.4 Å². The van der Waals surface area contributed by atoms with Gasteiger partial charge in [-0.25, -0.2) is 8.42 Å². The second kappa shape index (κ2) is 5.82. The summed E-state index contributed by atoms with van der Waals surface area (Å²) in [5, 5.41) is 0. The Kier molecular flexibility index (Phi) is 5.53. The van der Waals surface area contributed by atoms with E-state index >= 15 is 0 Å². The third-order valence-corrected chi connectivity index (χ3v) is 3.58. The molecule has 4 nitrogen and oxygen atoms in total. The van der Waals surface area contributed by atoms with Crippen molar-refractivity contribution in [2.45, 2.75) is 18.6 Å². The van der Waals surface area contributed by atoms with Crippen molar-refractivity contribution in [2.75, 3.05) is 28.2 Å². The predicted molar refractivity (Wildman–Crippen MR) is 73.1 cm³/mol. The molecule has 0 amide bonds. The molecule has 1 aromatic carbocycles. The van der Waals surface area contributed by atoms with Gasteiger partial charge in [-0.2, -0.15) is 0 Å². The first-order valence-electron chi connectivity index (χ1n) is 5.65. The normalized spacial score (nSPS) is 12.6. The molecular formula is C13H23NO3S. The van der Waals surface area contributed by atoms with Crippen molar-refractivity contribution in [1.82, 2.24) is 0 Å². The zero-order valence-electron chi connectivity index (χ0n) is 12.0. The highest BCUT2D eigenvalue weighted by Gasteiger charge is 2.27. The van der Waals surface area contributed by atoms with Crippen LogP contribution >= 0.6 is 0 Å². The van der Waals surface area contributed by atoms with Gasteiger partial charge in [-0.05, 0) is 19.4 Å². The lowest BCUT2D eigenvalue weighted by Crippen LogP contribution is -2.28. The van der Waals surface area contributed by atoms with E-state index in [1.165, 1.54) is 13.8 Å². The fourth-order valence-electron chi connectivity index (χ4n) is 0.984. The summed E-state index contributed by atoms with van der Waals surface area (Å²) >= 11 is 0. The van der Waals surface area contributed by atoms with E-state index < -0.39 is 14.9 Å². The van der Waals surface area contributed by atoms with Crippen molar-refractivity contribution in [3.8, 4) is 0 Å². The van der Waals surface area contributed by atoms with Crippen molar-refractivity contribution in [3.05, 3.63) is 35.9 Å². The maximum atomic E-state index is 10.9. The highest BCUT2D eigenvalue weighted by atomic mass is 32.2. The summed E-state index contributed by atoms with van der Waals surface area (Å²) in [7, 11) is 4.19. The highest BCUT2D eigenvalue weighted by molar-refractivity contribution is 7.86. The van der Waals surface area contributed by atoms with Crippen LogP contribution in [0.4, 0.5) is 0 Å². The van der Waals surface area contributed by atoms with E-state index in [2.05, 4.69) is 28.2 Å². The quantitative estimate of drug-likeness (QED) is 0.610. The molecule has 1 aromatic rings. The Bertz CT molecular complexity index is 453. The smallest absolute Gasteiger partial charge is 0.104 e. The molecule has 0 saturated heterocycles. The fraction of sp³-hybridized carbons (Fsp3) is 0.538. The van der Waals surface area contributed by atoms with E-state index in [0.717, 1.165) is 4.48 Å². The van der Waals surface area contributed by atoms with Crippen LogP contribution in [0.25, 0.3) is 0 Å². The maximum Gasteiger partial charge on any atom is 0.104 e. The molecule has 0 aromatic heterocycles. The van der Waals surface area contributed by atoms with Crippen LogP contribution < -0.4 is 0 Å². The van der Waals surface area contributed by atoms with E-state index in [1.807, 2.05) is 0 Å². The van der Waals surface area contributed by atoms with Crippen molar-refractivity contribution >= 4 is 10.1 Å². The fourth-order valence-corrected chi connectivity index (χ4v) is 1.41. The van der Waals surface area contributed by atoms with Gasteiger partial charge in [0.2, 0.25) is 0 Å². The van der Waals surface area contributed by atoms with Gasteiger partial charge in [0.15, 0.2) is 0 Å². The minimum atomic E-state index is -4.31. The molecule has 0 radical (unpaired) electrons. The lowest BCUT2D eigenvalue weighted by molar-refractivity contribution is -0.849. The molecule has 0 N–H and O–H groups in total. The summed E-state index contributed by atoms with van der Waals surface area (Å²) in [5.74, 6) is 0. The van der Waals surface area contributed by atoms with Crippen LogP contribution in [0.3, 0.4) is 0 Å². The van der Waals surface area contributed by atoms with Gasteiger partial charge in [0, 0.05) is 0 Å². The first-order chi connectivity index (χ1) is 7.86. The monoisotopic (exact) mass is 273 g/mol. The topological polar surface area (TPSA) is 57.2 Å². The molecule has 18 heavy (non-hydrogen) atoms. The Labute approximate surface area is 111 Å². The summed E-state index contributed by atoms with van der Waals surface area (Å²) in [6.07, 6.45) is 0. The van der Waals surface area contributed by atoms with Gasteiger partial charge in [0.05, 0.1) is 32.9 Å². The lowest BCUT2D eigenvalue weighted by Gasteiger charge is -2.28. The summed E-state index contributed by atoms with van der Waals surface area (Å²) in [4.78, 5) is 0. The van der Waals surface area contributed by atoms with Crippen LogP contribution in [0.2, 0.25) is 0 Å². The molecule has 1 rings (SSSR count). The van der Waals surface area contributed by atoms with Gasteiger partial charge < -0.3 is 9.04 Å². The van der Waals surface area contributed by atoms with Crippen molar-refractivity contribution < 1.29 is 17.5 Å². The molecule has 0 heterocycles. The third kappa shape index (κ3) is 6.14. The van der Waals surface area contributed by atoms with Crippen LogP contribution in [0, 0.1) is 0 Å². The second-order valence-electron chi connectivity index (χ2n) is 6.01. The SMILES string of the molecule is CC(C)(c1ccccc1)S(=O)(=O)[O-].C[N+](C)(C)C. The highest BCUT2D eigenvalue weighted by Crippen LogP contribution is 2.27. The zero-order chi connectivity index (χ0) is 14.6. The summed E-state index contributed by atoms with van der Waals surface area (Å²) in [5.41, 5.74) is 0.519. The summed E-state index contributed by atoms with van der Waals surface area (Å²) in [6.45, 7) is 2.81. The number of benzene rings is 1. The number of hydrogen-bond donors (Lipinski definition) is 0. The van der Waals surface area contributed by atoms with Crippen molar-refractivity contribution in [2.24, 2.45) is 0 Å². The van der Waals surface area contributed by atoms with E-state index in [9.17, 15) is 13.0 Å². The number of rotatable bonds is 2. The number of hydrogen-bond acceptors (Lipinski definition) is 3. The average molecular weight is 273 g/mol. The van der Waals surface area contributed by atoms with Crippen molar-refractivity contribution in [3.63, 3.8) is 0 Å². The summed E-state index contributed by atoms with van der Waals surface area (Å²) < 4.78 is 32.3. The lowest BCUT2D eigenvalue weighted by atomic mass is 10.0. The second-order valence-corrected chi connectivity index (χ2v) is 7.94. The molecule has 0 aliphatic heterocycles. The molecule has 0 saturated carbocycles. The first-order valence-corrected chi connectivity index (χ1v) is 7.06. The maximum absolute atomic E-state index is 10.9. The standard InChI is InChI=1S/C9H12O3S.C4H12N/c1-9(2,13(10,11)12)8-6-4-3-5-7-8;1-5(2,3)4/h3-7H,1-2H3,(H,10,11,12);1-4H3/q;+1/p-1. The molecule has 5 heteroatoms. The van der Waals surface area contributed by atoms with Gasteiger partial charge in [-0.15, -0.1) is 0 Å². The molecule has 0 spiro atoms. The molecule has 0 aliphatic carbocycles. The Morgan fingerprint density at radius 3 is 1.61 bits per heavy atom. The van der Waals surface area contributed by atoms with Gasteiger partial charge in [-0.1, -0.05) is 30.3 Å². The van der Waals surface area contributed by atoms with Crippen LogP contribution in [-0.2, 0) is 14.9 Å². The number of quaternary nitrogens is 1.